The molecule has 0 amide bonds. The molecule has 1 N–H and O–H groups in total. The Hall–Kier alpha value is -1.65. The number of piperidine rings is 2. The van der Waals surface area contributed by atoms with Crippen LogP contribution in [0.15, 0.2) is 36.7 Å². The van der Waals surface area contributed by atoms with Gasteiger partial charge in [0.05, 0.1) is 18.6 Å². The van der Waals surface area contributed by atoms with Crippen molar-refractivity contribution in [1.82, 2.24) is 19.6 Å². The second-order valence-electron chi connectivity index (χ2n) is 7.68. The molecule has 4 heterocycles. The van der Waals surface area contributed by atoms with Crippen molar-refractivity contribution in [2.75, 3.05) is 32.4 Å². The van der Waals surface area contributed by atoms with E-state index in [0.717, 1.165) is 31.7 Å². The fourth-order valence-electron chi connectivity index (χ4n) is 3.44. The van der Waals surface area contributed by atoms with Gasteiger partial charge in [0.1, 0.15) is 34.0 Å². The van der Waals surface area contributed by atoms with Gasteiger partial charge < -0.3 is 14.8 Å². The molecule has 4 rings (SSSR count). The molecule has 32 heavy (non-hydrogen) atoms. The van der Waals surface area contributed by atoms with Gasteiger partial charge in [-0.05, 0) is 63.0 Å². The Morgan fingerprint density at radius 1 is 0.875 bits per heavy atom. The van der Waals surface area contributed by atoms with Crippen molar-refractivity contribution < 1.29 is 17.9 Å². The number of nitrogens with zero attached hydrogens (tertiary/aromatic N) is 3. The van der Waals surface area contributed by atoms with Gasteiger partial charge in [0.2, 0.25) is 10.0 Å². The van der Waals surface area contributed by atoms with Crippen LogP contribution >= 0.6 is 23.2 Å². The van der Waals surface area contributed by atoms with Gasteiger partial charge in [-0.3, -0.25) is 0 Å². The first-order valence-corrected chi connectivity index (χ1v) is 13.1. The number of halogens is 2. The maximum Gasteiger partial charge on any atom is 0.211 e. The summed E-state index contributed by atoms with van der Waals surface area (Å²) >= 11 is 11.4. The standard InChI is InChI=1S/C11H15ClN2O3S.C10H13ClN2O/c1-18(15,16)14-6-4-9(5-7-14)17-10-2-3-11(12)13-8-10;11-10-2-1-9(7-13-10)14-8-3-5-12-6-4-8/h2-3,8-9H,4-7H2,1H3;1-2,7-8,12H,3-6H2. The van der Waals surface area contributed by atoms with E-state index in [1.54, 1.807) is 30.6 Å². The molecular formula is C21H28Cl2N4O4S. The summed E-state index contributed by atoms with van der Waals surface area (Å²) in [7, 11) is -3.08. The summed E-state index contributed by atoms with van der Waals surface area (Å²) in [6.07, 6.45) is 8.33. The zero-order chi connectivity index (χ0) is 23.0. The summed E-state index contributed by atoms with van der Waals surface area (Å²) in [5.74, 6) is 1.47. The minimum absolute atomic E-state index is 0.0333. The number of hydrogen-bond acceptors (Lipinski definition) is 7. The summed E-state index contributed by atoms with van der Waals surface area (Å²) in [6.45, 7) is 3.08. The van der Waals surface area contributed by atoms with E-state index >= 15 is 0 Å². The predicted molar refractivity (Wildman–Crippen MR) is 125 cm³/mol. The van der Waals surface area contributed by atoms with E-state index in [0.29, 0.717) is 48.1 Å². The SMILES string of the molecule is CS(=O)(=O)N1CCC(Oc2ccc(Cl)nc2)CC1.Clc1ccc(OC2CCNCC2)cn1. The topological polar surface area (TPSA) is 93.7 Å². The lowest BCUT2D eigenvalue weighted by atomic mass is 10.1. The number of sulfonamides is 1. The van der Waals surface area contributed by atoms with Crippen LogP contribution in [0.2, 0.25) is 10.3 Å². The van der Waals surface area contributed by atoms with Crippen LogP contribution in [0.25, 0.3) is 0 Å². The van der Waals surface area contributed by atoms with Crippen LogP contribution in [0.4, 0.5) is 0 Å². The molecule has 2 aromatic heterocycles. The average molecular weight is 503 g/mol. The maximum atomic E-state index is 11.3. The average Bonchev–Trinajstić information content (AvgIpc) is 2.78. The first-order chi connectivity index (χ1) is 15.3. The van der Waals surface area contributed by atoms with E-state index in [-0.39, 0.29) is 6.10 Å². The maximum absolute atomic E-state index is 11.3. The summed E-state index contributed by atoms with van der Waals surface area (Å²) in [6, 6.07) is 7.04. The van der Waals surface area contributed by atoms with Crippen LogP contribution in [-0.2, 0) is 10.0 Å². The van der Waals surface area contributed by atoms with Gasteiger partial charge in [0.25, 0.3) is 0 Å². The number of ether oxygens (including phenoxy) is 2. The Kier molecular flexibility index (Phi) is 9.36. The summed E-state index contributed by atoms with van der Waals surface area (Å²) in [4.78, 5) is 7.90. The minimum atomic E-state index is -3.08. The Morgan fingerprint density at radius 3 is 1.75 bits per heavy atom. The molecule has 2 saturated heterocycles. The van der Waals surface area contributed by atoms with Gasteiger partial charge >= 0.3 is 0 Å². The molecule has 2 aliphatic rings. The second-order valence-corrected chi connectivity index (χ2v) is 10.4. The lowest BCUT2D eigenvalue weighted by Gasteiger charge is -2.30. The monoisotopic (exact) mass is 502 g/mol. The van der Waals surface area contributed by atoms with Gasteiger partial charge in [-0.1, -0.05) is 23.2 Å². The zero-order valence-corrected chi connectivity index (χ0v) is 20.2. The van der Waals surface area contributed by atoms with Gasteiger partial charge in [-0.2, -0.15) is 0 Å². The molecule has 0 bridgehead atoms. The largest absolute Gasteiger partial charge is 0.489 e. The molecular weight excluding hydrogens is 475 g/mol. The highest BCUT2D eigenvalue weighted by Crippen LogP contribution is 2.20. The number of pyridine rings is 2. The fourth-order valence-corrected chi connectivity index (χ4v) is 4.54. The molecule has 0 atom stereocenters. The lowest BCUT2D eigenvalue weighted by Crippen LogP contribution is -2.41. The van der Waals surface area contributed by atoms with E-state index in [9.17, 15) is 8.42 Å². The van der Waals surface area contributed by atoms with Crippen molar-refractivity contribution in [3.05, 3.63) is 47.0 Å². The van der Waals surface area contributed by atoms with Crippen LogP contribution in [0.1, 0.15) is 25.7 Å². The Labute approximate surface area is 199 Å². The third-order valence-corrected chi connectivity index (χ3v) is 6.91. The third-order valence-electron chi connectivity index (χ3n) is 5.16. The first-order valence-electron chi connectivity index (χ1n) is 10.5. The van der Waals surface area contributed by atoms with Crippen LogP contribution < -0.4 is 14.8 Å². The van der Waals surface area contributed by atoms with E-state index in [4.69, 9.17) is 32.7 Å². The first kappa shape index (κ1) is 25.0. The smallest absolute Gasteiger partial charge is 0.211 e. The highest BCUT2D eigenvalue weighted by atomic mass is 35.5. The van der Waals surface area contributed by atoms with E-state index < -0.39 is 10.0 Å². The molecule has 0 saturated carbocycles. The molecule has 2 fully saturated rings. The number of nitrogens with one attached hydrogen (secondary N) is 1. The van der Waals surface area contributed by atoms with Gasteiger partial charge in [0, 0.05) is 13.1 Å². The lowest BCUT2D eigenvalue weighted by molar-refractivity contribution is 0.135. The molecule has 0 spiro atoms. The molecule has 0 unspecified atom stereocenters. The van der Waals surface area contributed by atoms with Gasteiger partial charge in [-0.15, -0.1) is 0 Å². The van der Waals surface area contributed by atoms with Crippen LogP contribution in [0.5, 0.6) is 11.5 Å². The summed E-state index contributed by atoms with van der Waals surface area (Å²) < 4.78 is 35.7. The van der Waals surface area contributed by atoms with Crippen molar-refractivity contribution in [2.24, 2.45) is 0 Å². The third kappa shape index (κ3) is 8.37. The number of hydrogen-bond donors (Lipinski definition) is 1. The van der Waals surface area contributed by atoms with Crippen molar-refractivity contribution in [1.29, 1.82) is 0 Å². The summed E-state index contributed by atoms with van der Waals surface area (Å²) in [5, 5.41) is 4.22. The normalized spacial score (nSPS) is 18.5. The Morgan fingerprint density at radius 2 is 1.34 bits per heavy atom. The Bertz CT molecular complexity index is 931. The number of aromatic nitrogens is 2. The quantitative estimate of drug-likeness (QED) is 0.625. The zero-order valence-electron chi connectivity index (χ0n) is 17.9. The predicted octanol–water partition coefficient (Wildman–Crippen LogP) is 3.40. The van der Waals surface area contributed by atoms with Crippen LogP contribution in [0, 0.1) is 0 Å². The molecule has 2 aromatic rings. The Balaban J connectivity index is 0.000000186. The number of rotatable bonds is 5. The molecule has 2 aliphatic heterocycles. The van der Waals surface area contributed by atoms with E-state index in [1.807, 2.05) is 6.07 Å². The highest BCUT2D eigenvalue weighted by Gasteiger charge is 2.25. The minimum Gasteiger partial charge on any atom is -0.489 e. The van der Waals surface area contributed by atoms with Crippen molar-refractivity contribution in [3.63, 3.8) is 0 Å². The molecule has 0 aliphatic carbocycles. The summed E-state index contributed by atoms with van der Waals surface area (Å²) in [5.41, 5.74) is 0. The molecule has 8 nitrogen and oxygen atoms in total. The van der Waals surface area contributed by atoms with Gasteiger partial charge in [0.15, 0.2) is 0 Å². The fraction of sp³-hybridized carbons (Fsp3) is 0.524. The van der Waals surface area contributed by atoms with Crippen molar-refractivity contribution >= 4 is 33.2 Å². The van der Waals surface area contributed by atoms with Crippen molar-refractivity contribution in [2.45, 2.75) is 37.9 Å². The van der Waals surface area contributed by atoms with Gasteiger partial charge in [-0.25, -0.2) is 22.7 Å². The second kappa shape index (κ2) is 12.0. The molecule has 0 aromatic carbocycles. The van der Waals surface area contributed by atoms with E-state index in [2.05, 4.69) is 15.3 Å². The van der Waals surface area contributed by atoms with Crippen LogP contribution in [-0.4, -0.2) is 67.3 Å². The molecule has 176 valence electrons. The van der Waals surface area contributed by atoms with Crippen LogP contribution in [0.3, 0.4) is 0 Å². The molecule has 11 heteroatoms. The van der Waals surface area contributed by atoms with E-state index in [1.165, 1.54) is 10.6 Å². The highest BCUT2D eigenvalue weighted by molar-refractivity contribution is 7.88. The molecule has 0 radical (unpaired) electrons. The van der Waals surface area contributed by atoms with Crippen molar-refractivity contribution in [3.8, 4) is 11.5 Å².